The first-order valence-electron chi connectivity index (χ1n) is 10.5. The lowest BCUT2D eigenvalue weighted by molar-refractivity contribution is -0.163. The van der Waals surface area contributed by atoms with E-state index in [1.807, 2.05) is 13.8 Å². The number of fused-ring (bicyclic) bond motifs is 2. The summed E-state index contributed by atoms with van der Waals surface area (Å²) in [5.74, 6) is -3.30. The standard InChI is InChI=1S/C22H32O8/c1-9(2)7-15(24)29-13-8-14(28-12(5)23)22(6)17(13)11(4)18(25)19-16(20(22)26)10(3)21(27)30-19/h9,11,13-14,16-20,25-26H,3,7-8H2,1-2,4-6H3. The first-order chi connectivity index (χ1) is 13.9. The summed E-state index contributed by atoms with van der Waals surface area (Å²) in [6.45, 7) is 12.4. The molecular weight excluding hydrogens is 392 g/mol. The van der Waals surface area contributed by atoms with Crippen LogP contribution in [0.25, 0.3) is 0 Å². The third-order valence-corrected chi connectivity index (χ3v) is 7.11. The minimum Gasteiger partial charge on any atom is -0.462 e. The van der Waals surface area contributed by atoms with Crippen LogP contribution in [0, 0.1) is 29.1 Å². The Kier molecular flexibility index (Phi) is 6.04. The highest BCUT2D eigenvalue weighted by Gasteiger charge is 2.68. The second-order valence-corrected chi connectivity index (χ2v) is 9.57. The molecule has 168 valence electrons. The van der Waals surface area contributed by atoms with Crippen molar-refractivity contribution in [2.24, 2.45) is 29.1 Å². The summed E-state index contributed by atoms with van der Waals surface area (Å²) in [7, 11) is 0. The number of aliphatic hydroxyl groups excluding tert-OH is 2. The van der Waals surface area contributed by atoms with Crippen LogP contribution in [0.2, 0.25) is 0 Å². The molecule has 0 amide bonds. The van der Waals surface area contributed by atoms with Gasteiger partial charge in [0.1, 0.15) is 18.3 Å². The van der Waals surface area contributed by atoms with E-state index in [-0.39, 0.29) is 30.3 Å². The summed E-state index contributed by atoms with van der Waals surface area (Å²) >= 11 is 0. The fourth-order valence-corrected chi connectivity index (χ4v) is 5.72. The van der Waals surface area contributed by atoms with Gasteiger partial charge in [-0.25, -0.2) is 4.79 Å². The molecule has 0 aromatic heterocycles. The Bertz CT molecular complexity index is 745. The predicted molar refractivity (Wildman–Crippen MR) is 105 cm³/mol. The van der Waals surface area contributed by atoms with Gasteiger partial charge in [0.05, 0.1) is 18.1 Å². The summed E-state index contributed by atoms with van der Waals surface area (Å²) in [4.78, 5) is 36.4. The van der Waals surface area contributed by atoms with Gasteiger partial charge in [0, 0.05) is 36.7 Å². The van der Waals surface area contributed by atoms with Gasteiger partial charge in [0.2, 0.25) is 0 Å². The molecule has 9 atom stereocenters. The van der Waals surface area contributed by atoms with Crippen molar-refractivity contribution in [2.45, 2.75) is 78.0 Å². The lowest BCUT2D eigenvalue weighted by atomic mass is 9.66. The number of esters is 3. The number of rotatable bonds is 4. The molecule has 0 bridgehead atoms. The number of hydrogen-bond donors (Lipinski definition) is 2. The van der Waals surface area contributed by atoms with Gasteiger partial charge in [0.15, 0.2) is 0 Å². The Morgan fingerprint density at radius 2 is 1.93 bits per heavy atom. The molecule has 30 heavy (non-hydrogen) atoms. The van der Waals surface area contributed by atoms with Crippen LogP contribution in [-0.4, -0.2) is 58.6 Å². The van der Waals surface area contributed by atoms with E-state index in [4.69, 9.17) is 14.2 Å². The number of carbonyl (C=O) groups is 3. The quantitative estimate of drug-likeness (QED) is 0.395. The van der Waals surface area contributed by atoms with Gasteiger partial charge < -0.3 is 24.4 Å². The monoisotopic (exact) mass is 424 g/mol. The highest BCUT2D eigenvalue weighted by atomic mass is 16.6. The lowest BCUT2D eigenvalue weighted by Crippen LogP contribution is -2.50. The molecule has 9 unspecified atom stereocenters. The van der Waals surface area contributed by atoms with Gasteiger partial charge in [-0.05, 0) is 11.8 Å². The molecule has 0 aromatic rings. The molecule has 8 nitrogen and oxygen atoms in total. The molecule has 8 heteroatoms. The lowest BCUT2D eigenvalue weighted by Gasteiger charge is -2.42. The first kappa shape index (κ1) is 22.7. The molecule has 2 N–H and O–H groups in total. The van der Waals surface area contributed by atoms with Crippen LogP contribution < -0.4 is 0 Å². The van der Waals surface area contributed by atoms with E-state index in [0.29, 0.717) is 0 Å². The Balaban J connectivity index is 2.04. The Hall–Kier alpha value is -1.93. The van der Waals surface area contributed by atoms with Crippen molar-refractivity contribution in [1.82, 2.24) is 0 Å². The van der Waals surface area contributed by atoms with Gasteiger partial charge in [-0.3, -0.25) is 9.59 Å². The molecular formula is C22H32O8. The van der Waals surface area contributed by atoms with Crippen molar-refractivity contribution in [3.8, 4) is 0 Å². The van der Waals surface area contributed by atoms with Crippen LogP contribution in [0.1, 0.15) is 47.5 Å². The van der Waals surface area contributed by atoms with Crippen molar-refractivity contribution in [1.29, 1.82) is 0 Å². The van der Waals surface area contributed by atoms with Crippen molar-refractivity contribution in [3.63, 3.8) is 0 Å². The normalized spacial score (nSPS) is 42.9. The maximum absolute atomic E-state index is 12.4. The van der Waals surface area contributed by atoms with Crippen LogP contribution in [0.3, 0.4) is 0 Å². The van der Waals surface area contributed by atoms with E-state index in [1.54, 1.807) is 13.8 Å². The van der Waals surface area contributed by atoms with Gasteiger partial charge in [-0.15, -0.1) is 0 Å². The number of ether oxygens (including phenoxy) is 3. The predicted octanol–water partition coefficient (Wildman–Crippen LogP) is 1.37. The van der Waals surface area contributed by atoms with Gasteiger partial charge in [-0.2, -0.15) is 0 Å². The first-order valence-corrected chi connectivity index (χ1v) is 10.5. The topological polar surface area (TPSA) is 119 Å². The fraction of sp³-hybridized carbons (Fsp3) is 0.773. The molecule has 2 aliphatic carbocycles. The van der Waals surface area contributed by atoms with Crippen LogP contribution in [0.5, 0.6) is 0 Å². The number of hydrogen-bond acceptors (Lipinski definition) is 8. The highest BCUT2D eigenvalue weighted by molar-refractivity contribution is 5.91. The summed E-state index contributed by atoms with van der Waals surface area (Å²) in [6.07, 6.45) is -4.22. The van der Waals surface area contributed by atoms with E-state index in [1.165, 1.54) is 6.92 Å². The van der Waals surface area contributed by atoms with Crippen LogP contribution in [-0.2, 0) is 28.6 Å². The average Bonchev–Trinajstić information content (AvgIpc) is 3.04. The molecule has 1 aliphatic heterocycles. The van der Waals surface area contributed by atoms with E-state index in [0.717, 1.165) is 0 Å². The molecule has 1 saturated heterocycles. The van der Waals surface area contributed by atoms with E-state index in [2.05, 4.69) is 6.58 Å². The minimum absolute atomic E-state index is 0.0856. The van der Waals surface area contributed by atoms with Gasteiger partial charge in [0.25, 0.3) is 0 Å². The summed E-state index contributed by atoms with van der Waals surface area (Å²) in [6, 6.07) is 0. The van der Waals surface area contributed by atoms with Gasteiger partial charge >= 0.3 is 17.9 Å². The largest absolute Gasteiger partial charge is 0.462 e. The molecule has 0 spiro atoms. The molecule has 1 heterocycles. The summed E-state index contributed by atoms with van der Waals surface area (Å²) in [5.41, 5.74) is -0.993. The van der Waals surface area contributed by atoms with Crippen molar-refractivity contribution >= 4 is 17.9 Å². The average molecular weight is 424 g/mol. The molecule has 2 saturated carbocycles. The molecule has 0 aromatic carbocycles. The zero-order chi connectivity index (χ0) is 22.5. The zero-order valence-electron chi connectivity index (χ0n) is 18.2. The smallest absolute Gasteiger partial charge is 0.334 e. The Labute approximate surface area is 176 Å². The van der Waals surface area contributed by atoms with Gasteiger partial charge in [-0.1, -0.05) is 34.3 Å². The fourth-order valence-electron chi connectivity index (χ4n) is 5.72. The van der Waals surface area contributed by atoms with Crippen molar-refractivity contribution in [3.05, 3.63) is 12.2 Å². The maximum atomic E-state index is 12.4. The molecule has 3 fully saturated rings. The number of aliphatic hydroxyl groups is 2. The molecule has 3 rings (SSSR count). The number of carbonyl (C=O) groups excluding carboxylic acids is 3. The zero-order valence-corrected chi connectivity index (χ0v) is 18.2. The Morgan fingerprint density at radius 1 is 1.30 bits per heavy atom. The van der Waals surface area contributed by atoms with Crippen molar-refractivity contribution in [2.75, 3.05) is 0 Å². The summed E-state index contributed by atoms with van der Waals surface area (Å²) in [5, 5.41) is 22.5. The highest BCUT2D eigenvalue weighted by Crippen LogP contribution is 2.58. The van der Waals surface area contributed by atoms with E-state index >= 15 is 0 Å². The maximum Gasteiger partial charge on any atom is 0.334 e. The summed E-state index contributed by atoms with van der Waals surface area (Å²) < 4.78 is 16.7. The van der Waals surface area contributed by atoms with Crippen molar-refractivity contribution < 1.29 is 38.8 Å². The Morgan fingerprint density at radius 3 is 2.50 bits per heavy atom. The van der Waals surface area contributed by atoms with Crippen LogP contribution in [0.15, 0.2) is 12.2 Å². The SMILES string of the molecule is C=C1C(=O)OC2C(O)C(C)C3C(OC(=O)CC(C)C)CC(OC(C)=O)C3(C)C(O)C12. The molecule has 3 aliphatic rings. The second kappa shape index (κ2) is 7.96. The molecule has 0 radical (unpaired) electrons. The minimum atomic E-state index is -1.19. The third kappa shape index (κ3) is 3.54. The third-order valence-electron chi connectivity index (χ3n) is 7.11. The van der Waals surface area contributed by atoms with Crippen LogP contribution in [0.4, 0.5) is 0 Å². The van der Waals surface area contributed by atoms with E-state index < -0.39 is 65.6 Å². The second-order valence-electron chi connectivity index (χ2n) is 9.57. The van der Waals surface area contributed by atoms with E-state index in [9.17, 15) is 24.6 Å². The van der Waals surface area contributed by atoms with Crippen LogP contribution >= 0.6 is 0 Å².